The number of rotatable bonds is 2. The molecule has 7 heteroatoms. The van der Waals surface area contributed by atoms with Crippen molar-refractivity contribution in [2.24, 2.45) is 0 Å². The summed E-state index contributed by atoms with van der Waals surface area (Å²) in [5, 5.41) is 4.45. The number of hydrogen-bond donors (Lipinski definition) is 2. The quantitative estimate of drug-likeness (QED) is 0.456. The van der Waals surface area contributed by atoms with Crippen molar-refractivity contribution >= 4 is 33.1 Å². The Morgan fingerprint density at radius 1 is 1.10 bits per heavy atom. The van der Waals surface area contributed by atoms with Crippen molar-refractivity contribution in [1.29, 1.82) is 0 Å². The maximum Gasteiger partial charge on any atom is 0.274 e. The molecule has 1 saturated carbocycles. The molecule has 4 aromatic heterocycles. The molecule has 7 nitrogen and oxygen atoms in total. The summed E-state index contributed by atoms with van der Waals surface area (Å²) in [5.74, 6) is 0. The molecule has 4 heterocycles. The van der Waals surface area contributed by atoms with Crippen molar-refractivity contribution in [2.45, 2.75) is 38.1 Å². The number of aromatic nitrogens is 4. The van der Waals surface area contributed by atoms with Gasteiger partial charge in [0, 0.05) is 35.0 Å². The van der Waals surface area contributed by atoms with Gasteiger partial charge in [-0.1, -0.05) is 25.3 Å². The molecule has 6 rings (SSSR count). The highest BCUT2D eigenvalue weighted by atomic mass is 16.3. The lowest BCUT2D eigenvalue weighted by Crippen LogP contribution is -2.16. The summed E-state index contributed by atoms with van der Waals surface area (Å²) in [6, 6.07) is 8.81. The second kappa shape index (κ2) is 6.45. The lowest BCUT2D eigenvalue weighted by molar-refractivity contribution is 0.335. The number of furan rings is 1. The van der Waals surface area contributed by atoms with Crippen LogP contribution < -0.4 is 11.0 Å². The van der Waals surface area contributed by atoms with E-state index in [1.807, 2.05) is 16.8 Å². The molecule has 1 fully saturated rings. The second-order valence-electron chi connectivity index (χ2n) is 8.03. The first-order valence-corrected chi connectivity index (χ1v) is 10.3. The highest BCUT2D eigenvalue weighted by molar-refractivity contribution is 6.14. The third-order valence-corrected chi connectivity index (χ3v) is 6.20. The predicted octanol–water partition coefficient (Wildman–Crippen LogP) is 4.48. The molecule has 2 N–H and O–H groups in total. The van der Waals surface area contributed by atoms with Gasteiger partial charge in [-0.15, -0.1) is 0 Å². The SMILES string of the molecule is O=c1ccc2c(c1)oc1c(-c3cccnc3)c3c(=O)[nH]n(C4CCCCC4)c3[nH]c12. The monoisotopic (exact) mass is 400 g/mol. The summed E-state index contributed by atoms with van der Waals surface area (Å²) in [4.78, 5) is 32.7. The molecule has 1 aliphatic rings. The van der Waals surface area contributed by atoms with Gasteiger partial charge in [0.2, 0.25) is 0 Å². The molecule has 0 amide bonds. The highest BCUT2D eigenvalue weighted by Crippen LogP contribution is 2.39. The summed E-state index contributed by atoms with van der Waals surface area (Å²) in [6.45, 7) is 0. The van der Waals surface area contributed by atoms with Crippen molar-refractivity contribution in [3.63, 3.8) is 0 Å². The van der Waals surface area contributed by atoms with Gasteiger partial charge in [-0.05, 0) is 31.0 Å². The first kappa shape index (κ1) is 17.3. The maximum absolute atomic E-state index is 13.1. The molecule has 0 saturated heterocycles. The minimum atomic E-state index is -0.155. The van der Waals surface area contributed by atoms with Gasteiger partial charge in [-0.3, -0.25) is 24.4 Å². The summed E-state index contributed by atoms with van der Waals surface area (Å²) in [7, 11) is 0. The van der Waals surface area contributed by atoms with E-state index in [1.54, 1.807) is 18.5 Å². The van der Waals surface area contributed by atoms with Crippen LogP contribution in [-0.4, -0.2) is 19.7 Å². The van der Waals surface area contributed by atoms with E-state index in [0.29, 0.717) is 22.1 Å². The van der Waals surface area contributed by atoms with Crippen molar-refractivity contribution in [1.82, 2.24) is 19.7 Å². The minimum absolute atomic E-state index is 0.112. The smallest absolute Gasteiger partial charge is 0.274 e. The predicted molar refractivity (Wildman–Crippen MR) is 116 cm³/mol. The normalized spacial score (nSPS) is 15.5. The highest BCUT2D eigenvalue weighted by Gasteiger charge is 2.25. The largest absolute Gasteiger partial charge is 0.454 e. The third kappa shape index (κ3) is 2.48. The average molecular weight is 400 g/mol. The van der Waals surface area contributed by atoms with Gasteiger partial charge in [0.1, 0.15) is 11.2 Å². The Morgan fingerprint density at radius 2 is 1.97 bits per heavy atom. The van der Waals surface area contributed by atoms with Gasteiger partial charge in [0.05, 0.1) is 16.9 Å². The first-order valence-electron chi connectivity index (χ1n) is 10.3. The number of H-pyrrole nitrogens is 2. The molecule has 1 aromatic carbocycles. The van der Waals surface area contributed by atoms with E-state index in [2.05, 4.69) is 15.1 Å². The maximum atomic E-state index is 13.1. The van der Waals surface area contributed by atoms with Gasteiger partial charge in [0.15, 0.2) is 11.0 Å². The van der Waals surface area contributed by atoms with E-state index in [-0.39, 0.29) is 17.0 Å². The Morgan fingerprint density at radius 3 is 2.77 bits per heavy atom. The van der Waals surface area contributed by atoms with Crippen LogP contribution in [0.4, 0.5) is 0 Å². The van der Waals surface area contributed by atoms with E-state index in [0.717, 1.165) is 47.8 Å². The van der Waals surface area contributed by atoms with Crippen LogP contribution in [0.15, 0.2) is 56.7 Å². The zero-order chi connectivity index (χ0) is 20.2. The number of fused-ring (bicyclic) bond motifs is 4. The van der Waals surface area contributed by atoms with Gasteiger partial charge < -0.3 is 9.40 Å². The standard InChI is InChI=1S/C23H20N4O3/c28-15-8-9-16-17(11-15)30-21-18(13-5-4-10-24-12-13)19-22(25-20(16)21)27(26-23(19)29)14-6-2-1-3-7-14/h4-5,8-12,14,25H,1-3,6-7H2,(H,26,29). The lowest BCUT2D eigenvalue weighted by atomic mass is 9.95. The molecular formula is C23H20N4O3. The van der Waals surface area contributed by atoms with E-state index in [1.165, 1.54) is 18.6 Å². The van der Waals surface area contributed by atoms with E-state index >= 15 is 0 Å². The lowest BCUT2D eigenvalue weighted by Gasteiger charge is -2.23. The van der Waals surface area contributed by atoms with E-state index < -0.39 is 0 Å². The number of benzene rings is 1. The second-order valence-corrected chi connectivity index (χ2v) is 8.03. The molecular weight excluding hydrogens is 380 g/mol. The zero-order valence-electron chi connectivity index (χ0n) is 16.3. The topological polar surface area (TPSA) is 96.7 Å². The summed E-state index contributed by atoms with van der Waals surface area (Å²) >= 11 is 0. The molecule has 5 aromatic rings. The number of nitrogens with one attached hydrogen (secondary N) is 2. The molecule has 0 spiro atoms. The van der Waals surface area contributed by atoms with Crippen LogP contribution in [0.25, 0.3) is 44.2 Å². The molecule has 0 radical (unpaired) electrons. The van der Waals surface area contributed by atoms with Gasteiger partial charge >= 0.3 is 0 Å². The fraction of sp³-hybridized carbons (Fsp3) is 0.261. The number of nitrogens with zero attached hydrogens (tertiary/aromatic N) is 2. The van der Waals surface area contributed by atoms with Gasteiger partial charge in [-0.25, -0.2) is 0 Å². The Hall–Kier alpha value is -3.61. The third-order valence-electron chi connectivity index (χ3n) is 6.20. The Balaban J connectivity index is 1.78. The van der Waals surface area contributed by atoms with Crippen LogP contribution >= 0.6 is 0 Å². The summed E-state index contributed by atoms with van der Waals surface area (Å²) in [5.41, 5.74) is 3.83. The first-order chi connectivity index (χ1) is 14.7. The fourth-order valence-corrected chi connectivity index (χ4v) is 4.81. The van der Waals surface area contributed by atoms with Crippen LogP contribution in [0.3, 0.4) is 0 Å². The number of pyridine rings is 2. The van der Waals surface area contributed by atoms with Crippen molar-refractivity contribution in [2.75, 3.05) is 0 Å². The van der Waals surface area contributed by atoms with Crippen LogP contribution in [0.1, 0.15) is 38.1 Å². The molecule has 30 heavy (non-hydrogen) atoms. The molecule has 0 bridgehead atoms. The van der Waals surface area contributed by atoms with Crippen molar-refractivity contribution in [3.8, 4) is 11.1 Å². The Bertz CT molecular complexity index is 1520. The Kier molecular flexibility index (Phi) is 3.71. The molecule has 150 valence electrons. The van der Waals surface area contributed by atoms with Crippen molar-refractivity contribution in [3.05, 3.63) is 63.3 Å². The fourth-order valence-electron chi connectivity index (χ4n) is 4.81. The summed E-state index contributed by atoms with van der Waals surface area (Å²) < 4.78 is 8.11. The Labute approximate surface area is 170 Å². The van der Waals surface area contributed by atoms with Gasteiger partial charge in [-0.2, -0.15) is 0 Å². The van der Waals surface area contributed by atoms with Gasteiger partial charge in [0.25, 0.3) is 5.56 Å². The molecule has 0 unspecified atom stereocenters. The van der Waals surface area contributed by atoms with Crippen LogP contribution in [-0.2, 0) is 0 Å². The molecule has 0 atom stereocenters. The molecule has 1 aliphatic carbocycles. The number of hydrogen-bond acceptors (Lipinski definition) is 4. The minimum Gasteiger partial charge on any atom is -0.454 e. The summed E-state index contributed by atoms with van der Waals surface area (Å²) in [6.07, 6.45) is 9.07. The average Bonchev–Trinajstić information content (AvgIpc) is 3.30. The van der Waals surface area contributed by atoms with Crippen molar-refractivity contribution < 1.29 is 4.42 Å². The zero-order valence-corrected chi connectivity index (χ0v) is 16.3. The number of aromatic amines is 2. The molecule has 0 aliphatic heterocycles. The van der Waals surface area contributed by atoms with Crippen LogP contribution in [0, 0.1) is 0 Å². The van der Waals surface area contributed by atoms with E-state index in [4.69, 9.17) is 4.42 Å². The van der Waals surface area contributed by atoms with Crippen LogP contribution in [0.2, 0.25) is 0 Å². The van der Waals surface area contributed by atoms with E-state index in [9.17, 15) is 9.59 Å². The van der Waals surface area contributed by atoms with Crippen LogP contribution in [0.5, 0.6) is 0 Å².